The lowest BCUT2D eigenvalue weighted by molar-refractivity contribution is -0.194. The fraction of sp³-hybridized carbons (Fsp3) is 0.100. The molecule has 0 aromatic rings. The summed E-state index contributed by atoms with van der Waals surface area (Å²) < 4.78 is 0. The highest BCUT2D eigenvalue weighted by molar-refractivity contribution is 6.12. The van der Waals surface area contributed by atoms with E-state index < -0.39 is 29.6 Å². The van der Waals surface area contributed by atoms with E-state index in [0.717, 1.165) is 31.2 Å². The first-order valence-corrected chi connectivity index (χ1v) is 4.82. The summed E-state index contributed by atoms with van der Waals surface area (Å²) >= 11 is 0. The average molecular weight is 268 g/mol. The Kier molecular flexibility index (Phi) is 4.27. The molecule has 100 valence electrons. The van der Waals surface area contributed by atoms with Crippen LogP contribution in [0.4, 0.5) is 0 Å². The molecule has 2 rings (SSSR count). The second kappa shape index (κ2) is 5.69. The molecule has 2 aliphatic heterocycles. The number of carbonyl (C=O) groups is 5. The van der Waals surface area contributed by atoms with E-state index in [9.17, 15) is 24.0 Å². The van der Waals surface area contributed by atoms with Crippen LogP contribution in [0.5, 0.6) is 0 Å². The topological polar surface area (TPSA) is 121 Å². The third kappa shape index (κ3) is 3.57. The van der Waals surface area contributed by atoms with Crippen LogP contribution in [0.3, 0.4) is 0 Å². The van der Waals surface area contributed by atoms with Gasteiger partial charge in [-0.2, -0.15) is 0 Å². The number of hydroxylamine groups is 4. The minimum absolute atomic E-state index is 0.0556. The fourth-order valence-corrected chi connectivity index (χ4v) is 0.997. The van der Waals surface area contributed by atoms with Crippen molar-refractivity contribution in [1.82, 2.24) is 10.1 Å². The van der Waals surface area contributed by atoms with Gasteiger partial charge in [-0.1, -0.05) is 5.06 Å². The Morgan fingerprint density at radius 1 is 0.947 bits per heavy atom. The molecule has 0 aliphatic carbocycles. The van der Waals surface area contributed by atoms with Crippen molar-refractivity contribution in [2.75, 3.05) is 0 Å². The lowest BCUT2D eigenvalue weighted by Gasteiger charge is -2.09. The number of hydrogen-bond acceptors (Lipinski definition) is 7. The van der Waals surface area contributed by atoms with E-state index in [2.05, 4.69) is 4.84 Å². The van der Waals surface area contributed by atoms with E-state index in [0.29, 0.717) is 5.06 Å². The molecule has 0 aromatic carbocycles. The number of rotatable bonds is 1. The van der Waals surface area contributed by atoms with Crippen LogP contribution in [0.15, 0.2) is 24.3 Å². The van der Waals surface area contributed by atoms with Gasteiger partial charge in [0.05, 0.1) is 0 Å². The molecule has 1 N–H and O–H groups in total. The van der Waals surface area contributed by atoms with Gasteiger partial charge in [-0.05, 0) is 0 Å². The number of nitrogens with zero attached hydrogens (tertiary/aromatic N) is 2. The Hall–Kier alpha value is -2.81. The molecule has 0 fully saturated rings. The quantitative estimate of drug-likeness (QED) is 0.462. The molecule has 0 saturated heterocycles. The van der Waals surface area contributed by atoms with Crippen LogP contribution >= 0.6 is 0 Å². The molecular weight excluding hydrogens is 260 g/mol. The van der Waals surface area contributed by atoms with E-state index in [-0.39, 0.29) is 5.06 Å². The molecule has 4 amide bonds. The second-order valence-electron chi connectivity index (χ2n) is 3.21. The molecule has 0 aromatic heterocycles. The van der Waals surface area contributed by atoms with Gasteiger partial charge in [-0.15, -0.1) is 5.06 Å². The molecule has 0 saturated carbocycles. The van der Waals surface area contributed by atoms with Crippen molar-refractivity contribution in [3.63, 3.8) is 0 Å². The van der Waals surface area contributed by atoms with Gasteiger partial charge < -0.3 is 4.84 Å². The molecule has 2 heterocycles. The zero-order chi connectivity index (χ0) is 14.6. The Morgan fingerprint density at radius 2 is 1.32 bits per heavy atom. The Bertz CT molecular complexity index is 484. The molecule has 19 heavy (non-hydrogen) atoms. The van der Waals surface area contributed by atoms with Crippen molar-refractivity contribution in [2.45, 2.75) is 6.92 Å². The predicted molar refractivity (Wildman–Crippen MR) is 55.5 cm³/mol. The summed E-state index contributed by atoms with van der Waals surface area (Å²) in [4.78, 5) is 56.2. The second-order valence-corrected chi connectivity index (χ2v) is 3.21. The standard InChI is InChI=1S/C6H5NO4.C4H3NO3/c1-4(8)11-7-5(9)2-3-6(7)10;6-3-1-2-4(7)5(3)8/h2-3H,1H3;1-2,8H. The Labute approximate surface area is 106 Å². The zero-order valence-corrected chi connectivity index (χ0v) is 9.60. The summed E-state index contributed by atoms with van der Waals surface area (Å²) in [6.45, 7) is 1.11. The number of hydrogen-bond donors (Lipinski definition) is 1. The summed E-state index contributed by atoms with van der Waals surface area (Å²) in [5.74, 6) is -3.34. The van der Waals surface area contributed by atoms with Crippen LogP contribution < -0.4 is 0 Å². The molecule has 0 unspecified atom stereocenters. The van der Waals surface area contributed by atoms with E-state index in [1.165, 1.54) is 0 Å². The highest BCUT2D eigenvalue weighted by atomic mass is 16.7. The van der Waals surface area contributed by atoms with Crippen molar-refractivity contribution in [2.24, 2.45) is 0 Å². The van der Waals surface area contributed by atoms with E-state index >= 15 is 0 Å². The van der Waals surface area contributed by atoms with Crippen molar-refractivity contribution < 1.29 is 34.0 Å². The molecule has 9 nitrogen and oxygen atoms in total. The monoisotopic (exact) mass is 268 g/mol. The van der Waals surface area contributed by atoms with Gasteiger partial charge in [0.2, 0.25) is 0 Å². The maximum Gasteiger partial charge on any atom is 0.330 e. The molecular formula is C10H8N2O7. The summed E-state index contributed by atoms with van der Waals surface area (Å²) in [5, 5.41) is 8.80. The number of amides is 4. The Morgan fingerprint density at radius 3 is 1.58 bits per heavy atom. The summed E-state index contributed by atoms with van der Waals surface area (Å²) in [5.41, 5.74) is 0. The molecule has 9 heteroatoms. The normalized spacial score (nSPS) is 16.9. The summed E-state index contributed by atoms with van der Waals surface area (Å²) in [6.07, 6.45) is 4.07. The van der Waals surface area contributed by atoms with Gasteiger partial charge in [0.15, 0.2) is 0 Å². The van der Waals surface area contributed by atoms with E-state index in [1.54, 1.807) is 0 Å². The number of carbonyl (C=O) groups excluding carboxylic acids is 5. The smallest absolute Gasteiger partial charge is 0.330 e. The molecule has 2 aliphatic rings. The van der Waals surface area contributed by atoms with Crippen molar-refractivity contribution >= 4 is 29.6 Å². The van der Waals surface area contributed by atoms with Gasteiger partial charge in [0.1, 0.15) is 0 Å². The van der Waals surface area contributed by atoms with Gasteiger partial charge in [0.25, 0.3) is 23.6 Å². The predicted octanol–water partition coefficient (Wildman–Crippen LogP) is -1.31. The van der Waals surface area contributed by atoms with Crippen LogP contribution in [0, 0.1) is 0 Å². The summed E-state index contributed by atoms with van der Waals surface area (Å²) in [6, 6.07) is 0. The average Bonchev–Trinajstić information content (AvgIpc) is 2.80. The number of imide groups is 2. The van der Waals surface area contributed by atoms with Crippen LogP contribution in [0.2, 0.25) is 0 Å². The van der Waals surface area contributed by atoms with Gasteiger partial charge >= 0.3 is 5.97 Å². The van der Waals surface area contributed by atoms with E-state index in [1.807, 2.05) is 0 Å². The van der Waals surface area contributed by atoms with Crippen LogP contribution in [0.1, 0.15) is 6.92 Å². The SMILES string of the molecule is CC(=O)ON1C(=O)C=CC1=O.O=C1C=CC(=O)N1O. The lowest BCUT2D eigenvalue weighted by atomic mass is 10.6. The minimum atomic E-state index is -0.699. The van der Waals surface area contributed by atoms with Gasteiger partial charge in [0, 0.05) is 31.2 Å². The zero-order valence-electron chi connectivity index (χ0n) is 9.60. The maximum atomic E-state index is 10.7. The molecule has 0 spiro atoms. The van der Waals surface area contributed by atoms with Crippen LogP contribution in [-0.4, -0.2) is 44.9 Å². The first-order chi connectivity index (χ1) is 8.82. The van der Waals surface area contributed by atoms with E-state index in [4.69, 9.17) is 5.21 Å². The van der Waals surface area contributed by atoms with Crippen molar-refractivity contribution in [1.29, 1.82) is 0 Å². The van der Waals surface area contributed by atoms with Gasteiger partial charge in [-0.25, -0.2) is 4.79 Å². The fourth-order valence-electron chi connectivity index (χ4n) is 0.997. The van der Waals surface area contributed by atoms with Gasteiger partial charge in [-0.3, -0.25) is 24.4 Å². The first-order valence-electron chi connectivity index (χ1n) is 4.82. The van der Waals surface area contributed by atoms with Crippen LogP contribution in [0.25, 0.3) is 0 Å². The minimum Gasteiger partial charge on any atom is -0.330 e. The Balaban J connectivity index is 0.000000200. The highest BCUT2D eigenvalue weighted by Gasteiger charge is 2.26. The molecule has 0 radical (unpaired) electrons. The lowest BCUT2D eigenvalue weighted by Crippen LogP contribution is -2.31. The molecule has 0 bridgehead atoms. The van der Waals surface area contributed by atoms with Crippen molar-refractivity contribution in [3.05, 3.63) is 24.3 Å². The third-order valence-electron chi connectivity index (χ3n) is 1.77. The highest BCUT2D eigenvalue weighted by Crippen LogP contribution is 2.03. The summed E-state index contributed by atoms with van der Waals surface area (Å²) in [7, 11) is 0. The largest absolute Gasteiger partial charge is 0.330 e. The first kappa shape index (κ1) is 14.3. The van der Waals surface area contributed by atoms with Crippen LogP contribution in [-0.2, 0) is 28.8 Å². The van der Waals surface area contributed by atoms with Crippen molar-refractivity contribution in [3.8, 4) is 0 Å². The third-order valence-corrected chi connectivity index (χ3v) is 1.77. The molecule has 0 atom stereocenters. The maximum absolute atomic E-state index is 10.7.